The number of carboxylic acids is 1. The molecule has 1 aliphatic rings. The van der Waals surface area contributed by atoms with Gasteiger partial charge in [-0.1, -0.05) is 45.0 Å². The highest BCUT2D eigenvalue weighted by Gasteiger charge is 2.43. The van der Waals surface area contributed by atoms with Gasteiger partial charge in [-0.2, -0.15) is 0 Å². The molecule has 0 aliphatic carbocycles. The molecular weight excluding hydrogens is 432 g/mol. The molecule has 2 aromatic carbocycles. The van der Waals surface area contributed by atoms with E-state index in [0.29, 0.717) is 31.1 Å². The van der Waals surface area contributed by atoms with Gasteiger partial charge in [0.1, 0.15) is 11.5 Å². The Bertz CT molecular complexity index is 1010. The van der Waals surface area contributed by atoms with Crippen molar-refractivity contribution in [2.45, 2.75) is 64.0 Å². The number of carboxylic acid groups (broad SMARTS) is 1. The molecule has 1 saturated heterocycles. The van der Waals surface area contributed by atoms with Crippen molar-refractivity contribution in [2.24, 2.45) is 0 Å². The Kier molecular flexibility index (Phi) is 7.15. The van der Waals surface area contributed by atoms with E-state index in [1.165, 1.54) is 25.0 Å². The average Bonchev–Trinajstić information content (AvgIpc) is 3.03. The Balaban J connectivity index is 1.65. The molecule has 1 heterocycles. The zero-order valence-corrected chi connectivity index (χ0v) is 21.0. The van der Waals surface area contributed by atoms with Gasteiger partial charge < -0.3 is 24.8 Å². The van der Waals surface area contributed by atoms with Crippen LogP contribution in [-0.2, 0) is 16.6 Å². The van der Waals surface area contributed by atoms with Crippen LogP contribution in [0, 0.1) is 0 Å². The van der Waals surface area contributed by atoms with Crippen molar-refractivity contribution in [2.75, 3.05) is 20.2 Å². The Morgan fingerprint density at radius 1 is 1.03 bits per heavy atom. The lowest BCUT2D eigenvalue weighted by Crippen LogP contribution is -2.48. The summed E-state index contributed by atoms with van der Waals surface area (Å²) < 4.78 is 11.5. The summed E-state index contributed by atoms with van der Waals surface area (Å²) in [5.74, 6) is 0.0837. The van der Waals surface area contributed by atoms with E-state index in [0.717, 1.165) is 6.42 Å². The molecule has 1 unspecified atom stereocenters. The van der Waals surface area contributed by atoms with E-state index in [4.69, 9.17) is 9.47 Å². The first-order valence-corrected chi connectivity index (χ1v) is 11.6. The minimum absolute atomic E-state index is 0.0751. The van der Waals surface area contributed by atoms with Crippen LogP contribution in [0.4, 0.5) is 4.79 Å². The van der Waals surface area contributed by atoms with Gasteiger partial charge >= 0.3 is 12.0 Å². The maximum Gasteiger partial charge on any atom is 0.347 e. The predicted octanol–water partition coefficient (Wildman–Crippen LogP) is 4.63. The average molecular weight is 469 g/mol. The lowest BCUT2D eigenvalue weighted by molar-refractivity contribution is -0.152. The molecule has 0 bridgehead atoms. The third-order valence-corrected chi connectivity index (χ3v) is 6.49. The number of likely N-dealkylation sites (N-methyl/N-ethyl adjacent to an activating group) is 1. The highest BCUT2D eigenvalue weighted by atomic mass is 16.5. The van der Waals surface area contributed by atoms with Gasteiger partial charge in [0.05, 0.1) is 12.1 Å². The highest BCUT2D eigenvalue weighted by Crippen LogP contribution is 2.30. The minimum atomic E-state index is -1.31. The molecule has 2 N–H and O–H groups in total. The number of amides is 2. The fourth-order valence-electron chi connectivity index (χ4n) is 4.02. The van der Waals surface area contributed by atoms with Crippen LogP contribution in [0.1, 0.15) is 52.2 Å². The van der Waals surface area contributed by atoms with E-state index in [1.54, 1.807) is 29.2 Å². The maximum atomic E-state index is 12.3. The number of hydrogen-bond acceptors (Lipinski definition) is 4. The zero-order valence-electron chi connectivity index (χ0n) is 21.0. The zero-order chi connectivity index (χ0) is 25.1. The molecule has 34 heavy (non-hydrogen) atoms. The van der Waals surface area contributed by atoms with Crippen LogP contribution >= 0.6 is 0 Å². The molecule has 3 rings (SSSR count). The van der Waals surface area contributed by atoms with Gasteiger partial charge in [-0.25, -0.2) is 9.59 Å². The molecule has 2 aromatic rings. The lowest BCUT2D eigenvalue weighted by atomic mass is 9.84. The summed E-state index contributed by atoms with van der Waals surface area (Å²) in [6, 6.07) is 15.5. The molecule has 184 valence electrons. The van der Waals surface area contributed by atoms with Crippen LogP contribution < -0.4 is 14.8 Å². The van der Waals surface area contributed by atoms with Crippen LogP contribution in [0.3, 0.4) is 0 Å². The Hall–Kier alpha value is -3.22. The summed E-state index contributed by atoms with van der Waals surface area (Å²) in [4.78, 5) is 25.4. The van der Waals surface area contributed by atoms with Crippen LogP contribution in [0.15, 0.2) is 48.5 Å². The van der Waals surface area contributed by atoms with E-state index in [2.05, 4.69) is 50.4 Å². The van der Waals surface area contributed by atoms with E-state index >= 15 is 0 Å². The maximum absolute atomic E-state index is 12.3. The number of rotatable bonds is 9. The van der Waals surface area contributed by atoms with Crippen molar-refractivity contribution >= 4 is 12.0 Å². The number of nitrogens with zero attached hydrogens (tertiary/aromatic N) is 1. The second-order valence-corrected chi connectivity index (χ2v) is 10.6. The van der Waals surface area contributed by atoms with Gasteiger partial charge in [0.2, 0.25) is 0 Å². The predicted molar refractivity (Wildman–Crippen MR) is 132 cm³/mol. The standard InChI is InChI=1S/C27H36N2O5/c1-25(2,3)20-9-7-19(8-10-20)17-27(18-28-24(32)29(27)6)15-16-33-21-11-13-22(14-12-21)34-26(4,5)23(30)31/h7-14H,15-18H2,1-6H3,(H,28,32)(H,30,31). The summed E-state index contributed by atoms with van der Waals surface area (Å²) in [6.45, 7) is 10.6. The molecule has 2 amide bonds. The van der Waals surface area contributed by atoms with Crippen molar-refractivity contribution in [1.82, 2.24) is 10.2 Å². The molecule has 1 fully saturated rings. The lowest BCUT2D eigenvalue weighted by Gasteiger charge is -2.35. The van der Waals surface area contributed by atoms with Gasteiger partial charge in [0, 0.05) is 20.0 Å². The number of benzene rings is 2. The van der Waals surface area contributed by atoms with Crippen molar-refractivity contribution in [3.8, 4) is 11.5 Å². The smallest absolute Gasteiger partial charge is 0.347 e. The summed E-state index contributed by atoms with van der Waals surface area (Å²) in [5, 5.41) is 12.2. The number of urea groups is 1. The normalized spacial score (nSPS) is 18.5. The first-order valence-electron chi connectivity index (χ1n) is 11.6. The van der Waals surface area contributed by atoms with Crippen LogP contribution in [0.2, 0.25) is 0 Å². The van der Waals surface area contributed by atoms with Crippen molar-refractivity contribution in [3.63, 3.8) is 0 Å². The number of hydrogen-bond donors (Lipinski definition) is 2. The summed E-state index contributed by atoms with van der Waals surface area (Å²) in [5.41, 5.74) is 0.859. The summed E-state index contributed by atoms with van der Waals surface area (Å²) in [7, 11) is 1.84. The highest BCUT2D eigenvalue weighted by molar-refractivity contribution is 5.77. The van der Waals surface area contributed by atoms with Gasteiger partial charge in [0.15, 0.2) is 5.60 Å². The van der Waals surface area contributed by atoms with Crippen LogP contribution in [0.5, 0.6) is 11.5 Å². The number of carbonyl (C=O) groups excluding carboxylic acids is 1. The SMILES string of the molecule is CN1C(=O)NCC1(CCOc1ccc(OC(C)(C)C(=O)O)cc1)Cc1ccc(C(C)(C)C)cc1. The minimum Gasteiger partial charge on any atom is -0.494 e. The first kappa shape index (κ1) is 25.4. The van der Waals surface area contributed by atoms with Gasteiger partial charge in [0.25, 0.3) is 0 Å². The number of ether oxygens (including phenoxy) is 2. The van der Waals surface area contributed by atoms with Crippen LogP contribution in [0.25, 0.3) is 0 Å². The van der Waals surface area contributed by atoms with Gasteiger partial charge in [-0.05, 0) is 61.1 Å². The third-order valence-electron chi connectivity index (χ3n) is 6.49. The molecule has 7 nitrogen and oxygen atoms in total. The molecule has 0 radical (unpaired) electrons. The molecular formula is C27H36N2O5. The molecule has 0 saturated carbocycles. The Labute approximate surface area is 202 Å². The quantitative estimate of drug-likeness (QED) is 0.560. The number of carbonyl (C=O) groups is 2. The molecule has 0 aromatic heterocycles. The number of nitrogens with one attached hydrogen (secondary N) is 1. The van der Waals surface area contributed by atoms with Crippen molar-refractivity contribution in [3.05, 3.63) is 59.7 Å². The summed E-state index contributed by atoms with van der Waals surface area (Å²) >= 11 is 0. The van der Waals surface area contributed by atoms with E-state index in [1.807, 2.05) is 7.05 Å². The number of aliphatic carboxylic acids is 1. The van der Waals surface area contributed by atoms with E-state index in [-0.39, 0.29) is 17.0 Å². The Morgan fingerprint density at radius 2 is 1.62 bits per heavy atom. The fraction of sp³-hybridized carbons (Fsp3) is 0.481. The monoisotopic (exact) mass is 468 g/mol. The second-order valence-electron chi connectivity index (χ2n) is 10.6. The van der Waals surface area contributed by atoms with Gasteiger partial charge in [-0.15, -0.1) is 0 Å². The van der Waals surface area contributed by atoms with Gasteiger partial charge in [-0.3, -0.25) is 0 Å². The van der Waals surface area contributed by atoms with Crippen molar-refractivity contribution < 1.29 is 24.2 Å². The largest absolute Gasteiger partial charge is 0.494 e. The fourth-order valence-corrected chi connectivity index (χ4v) is 4.02. The van der Waals surface area contributed by atoms with E-state index < -0.39 is 11.6 Å². The topological polar surface area (TPSA) is 88.1 Å². The second kappa shape index (κ2) is 9.57. The van der Waals surface area contributed by atoms with Crippen LogP contribution in [-0.4, -0.2) is 53.3 Å². The summed E-state index contributed by atoms with van der Waals surface area (Å²) in [6.07, 6.45) is 1.39. The van der Waals surface area contributed by atoms with Crippen molar-refractivity contribution in [1.29, 1.82) is 0 Å². The van der Waals surface area contributed by atoms with E-state index in [9.17, 15) is 14.7 Å². The first-order chi connectivity index (χ1) is 15.8. The molecule has 0 spiro atoms. The third kappa shape index (κ3) is 5.82. The molecule has 1 atom stereocenters. The Morgan fingerprint density at radius 3 is 2.12 bits per heavy atom. The molecule has 1 aliphatic heterocycles. The molecule has 7 heteroatoms.